The van der Waals surface area contributed by atoms with Gasteiger partial charge in [-0.25, -0.2) is 0 Å². The van der Waals surface area contributed by atoms with Crippen molar-refractivity contribution in [2.75, 3.05) is 4.90 Å². The molecule has 10 N–H and O–H groups in total. The Hall–Kier alpha value is -9.10. The number of aliphatic hydroxyl groups is 4. The van der Waals surface area contributed by atoms with Gasteiger partial charge in [-0.15, -0.1) is 0 Å². The predicted molar refractivity (Wildman–Crippen MR) is 257 cm³/mol. The number of anilines is 2. The van der Waals surface area contributed by atoms with E-state index in [-0.39, 0.29) is 23.1 Å². The molecule has 1 aromatic heterocycles. The second-order valence-corrected chi connectivity index (χ2v) is 15.6. The standard InChI is InChI=1S/C53H39BN2O10/c1-28(57)47(60)46(50(63)39(58)25-29-13-4-2-5-14-29)56(45-44(54)51(64)41(52(65)53(45)66)31-16-6-3-7-17-31)38-27-40(59)49(62)43(48(38)61)35-20-12-22-37-42(35)34-19-10-11-21-36(34)55(37)33-24-23-30-15-8-9-18-32(30)26-33/h2-24,26-27,57-66H,1,25H2/b47-46-,50-39-. The fourth-order valence-corrected chi connectivity index (χ4v) is 8.53. The molecular formula is C53H39BN2O10. The lowest BCUT2D eigenvalue weighted by molar-refractivity contribution is 0.299. The highest BCUT2D eigenvalue weighted by Crippen LogP contribution is 2.56. The van der Waals surface area contributed by atoms with E-state index in [0.717, 1.165) is 28.0 Å². The largest absolute Gasteiger partial charge is 0.508 e. The number of allylic oxidation sites excluding steroid dienone is 1. The normalized spacial score (nSPS) is 12.3. The maximum atomic E-state index is 12.7. The van der Waals surface area contributed by atoms with Gasteiger partial charge < -0.3 is 55.6 Å². The second-order valence-electron chi connectivity index (χ2n) is 15.6. The summed E-state index contributed by atoms with van der Waals surface area (Å²) in [4.78, 5) is 0.600. The van der Waals surface area contributed by atoms with Gasteiger partial charge in [-0.2, -0.15) is 0 Å². The van der Waals surface area contributed by atoms with Gasteiger partial charge in [-0.1, -0.05) is 128 Å². The number of benzene rings is 8. The van der Waals surface area contributed by atoms with Crippen LogP contribution in [0.1, 0.15) is 5.56 Å². The van der Waals surface area contributed by atoms with Crippen LogP contribution in [0.5, 0.6) is 34.5 Å². The van der Waals surface area contributed by atoms with Crippen LogP contribution in [-0.2, 0) is 6.42 Å². The molecule has 0 fully saturated rings. The molecule has 66 heavy (non-hydrogen) atoms. The van der Waals surface area contributed by atoms with Gasteiger partial charge in [-0.05, 0) is 57.2 Å². The first kappa shape index (κ1) is 42.2. The van der Waals surface area contributed by atoms with Gasteiger partial charge in [0.25, 0.3) is 0 Å². The van der Waals surface area contributed by atoms with Crippen molar-refractivity contribution >= 4 is 57.3 Å². The number of phenols is 6. The van der Waals surface area contributed by atoms with Crippen LogP contribution in [0.3, 0.4) is 0 Å². The smallest absolute Gasteiger partial charge is 0.185 e. The van der Waals surface area contributed by atoms with Crippen molar-refractivity contribution in [2.45, 2.75) is 6.42 Å². The van der Waals surface area contributed by atoms with E-state index in [1.165, 1.54) is 12.1 Å². The van der Waals surface area contributed by atoms with Crippen LogP contribution >= 0.6 is 0 Å². The third-order valence-electron chi connectivity index (χ3n) is 11.6. The molecule has 1 heterocycles. The summed E-state index contributed by atoms with van der Waals surface area (Å²) in [5, 5.41) is 121. The van der Waals surface area contributed by atoms with Crippen LogP contribution in [0.4, 0.5) is 11.4 Å². The Balaban J connectivity index is 1.37. The molecule has 8 aromatic carbocycles. The summed E-state index contributed by atoms with van der Waals surface area (Å²) in [5.41, 5.74) is -0.931. The van der Waals surface area contributed by atoms with Gasteiger partial charge in [0.1, 0.15) is 25.1 Å². The van der Waals surface area contributed by atoms with Gasteiger partial charge >= 0.3 is 0 Å². The van der Waals surface area contributed by atoms with Crippen molar-refractivity contribution in [2.24, 2.45) is 0 Å². The zero-order chi connectivity index (χ0) is 46.6. The molecule has 0 saturated carbocycles. The Morgan fingerprint density at radius 3 is 1.91 bits per heavy atom. The van der Waals surface area contributed by atoms with Crippen molar-refractivity contribution in [1.82, 2.24) is 4.57 Å². The number of fused-ring (bicyclic) bond motifs is 4. The number of para-hydroxylation sites is 1. The van der Waals surface area contributed by atoms with Crippen molar-refractivity contribution in [3.8, 4) is 62.4 Å². The van der Waals surface area contributed by atoms with E-state index in [4.69, 9.17) is 7.85 Å². The van der Waals surface area contributed by atoms with Crippen LogP contribution < -0.4 is 10.4 Å². The first-order chi connectivity index (χ1) is 31.8. The summed E-state index contributed by atoms with van der Waals surface area (Å²) in [6.45, 7) is 3.39. The number of phenolic OH excluding ortho intramolecular Hbond substituents is 6. The topological polar surface area (TPSA) is 210 Å². The second kappa shape index (κ2) is 16.6. The van der Waals surface area contributed by atoms with Crippen molar-refractivity contribution in [3.63, 3.8) is 0 Å². The number of hydrogen-bond donors (Lipinski definition) is 10. The Morgan fingerprint density at radius 1 is 0.561 bits per heavy atom. The molecule has 0 atom stereocenters. The summed E-state index contributed by atoms with van der Waals surface area (Å²) >= 11 is 0. The van der Waals surface area contributed by atoms with Crippen LogP contribution in [0.2, 0.25) is 0 Å². The fourth-order valence-electron chi connectivity index (χ4n) is 8.53. The lowest BCUT2D eigenvalue weighted by Gasteiger charge is -2.32. The molecule has 0 aliphatic rings. The van der Waals surface area contributed by atoms with Gasteiger partial charge in [0, 0.05) is 28.9 Å². The zero-order valence-electron chi connectivity index (χ0n) is 34.8. The molecule has 13 heteroatoms. The molecule has 9 rings (SSSR count). The van der Waals surface area contributed by atoms with E-state index in [1.54, 1.807) is 60.7 Å². The molecule has 0 aliphatic heterocycles. The molecule has 0 amide bonds. The molecule has 2 radical (unpaired) electrons. The highest BCUT2D eigenvalue weighted by molar-refractivity contribution is 6.40. The minimum absolute atomic E-state index is 0.172. The SMILES string of the molecule is [B]c1c(O)c(-c2ccccc2)c(O)c(O)c1N(C(=C(\O)C(=C)O)/C(O)=C(/O)Cc1ccccc1)c1cc(O)c(O)c(-c2cccc3c2c2ccccc2n3-c2ccc3ccccc3c2)c1O. The Morgan fingerprint density at radius 2 is 1.20 bits per heavy atom. The van der Waals surface area contributed by atoms with Crippen molar-refractivity contribution in [1.29, 1.82) is 0 Å². The Bertz CT molecular complexity index is 3460. The molecule has 9 aromatic rings. The lowest BCUT2D eigenvalue weighted by Crippen LogP contribution is -2.27. The minimum atomic E-state index is -1.26. The molecule has 0 bridgehead atoms. The van der Waals surface area contributed by atoms with E-state index in [2.05, 4.69) is 6.58 Å². The third-order valence-corrected chi connectivity index (χ3v) is 11.6. The van der Waals surface area contributed by atoms with E-state index >= 15 is 0 Å². The molecule has 0 aliphatic carbocycles. The van der Waals surface area contributed by atoms with Gasteiger partial charge in [0.05, 0.1) is 33.5 Å². The first-order valence-electron chi connectivity index (χ1n) is 20.5. The monoisotopic (exact) mass is 874 g/mol. The summed E-state index contributed by atoms with van der Waals surface area (Å²) in [5.74, 6) is -9.81. The number of aliphatic hydroxyl groups excluding tert-OH is 4. The van der Waals surface area contributed by atoms with Crippen molar-refractivity contribution < 1.29 is 51.1 Å². The summed E-state index contributed by atoms with van der Waals surface area (Å²) in [6.07, 6.45) is -0.374. The van der Waals surface area contributed by atoms with E-state index < -0.39 is 85.6 Å². The van der Waals surface area contributed by atoms with Gasteiger partial charge in [0.2, 0.25) is 0 Å². The number of hydrogen-bond acceptors (Lipinski definition) is 11. The van der Waals surface area contributed by atoms with E-state index in [9.17, 15) is 51.1 Å². The lowest BCUT2D eigenvalue weighted by atomic mass is 9.86. The van der Waals surface area contributed by atoms with Crippen LogP contribution in [-0.4, -0.2) is 63.5 Å². The molecule has 324 valence electrons. The number of rotatable bonds is 10. The molecule has 12 nitrogen and oxygen atoms in total. The molecular weight excluding hydrogens is 835 g/mol. The maximum Gasteiger partial charge on any atom is 0.185 e. The molecule has 0 saturated heterocycles. The first-order valence-corrected chi connectivity index (χ1v) is 20.5. The fraction of sp³-hybridized carbons (Fsp3) is 0.0189. The minimum Gasteiger partial charge on any atom is -0.508 e. The van der Waals surface area contributed by atoms with Gasteiger partial charge in [-0.3, -0.25) is 4.90 Å². The highest BCUT2D eigenvalue weighted by Gasteiger charge is 2.36. The van der Waals surface area contributed by atoms with Crippen LogP contribution in [0.25, 0.3) is 60.5 Å². The highest BCUT2D eigenvalue weighted by atomic mass is 16.3. The average molecular weight is 875 g/mol. The van der Waals surface area contributed by atoms with E-state index in [1.807, 2.05) is 77.4 Å². The summed E-state index contributed by atoms with van der Waals surface area (Å²) in [7, 11) is 6.63. The van der Waals surface area contributed by atoms with Crippen LogP contribution in [0, 0.1) is 0 Å². The number of aromatic nitrogens is 1. The maximum absolute atomic E-state index is 12.7. The Labute approximate surface area is 378 Å². The summed E-state index contributed by atoms with van der Waals surface area (Å²) < 4.78 is 2.01. The van der Waals surface area contributed by atoms with Gasteiger partial charge in [0.15, 0.2) is 46.0 Å². The third kappa shape index (κ3) is 6.91. The van der Waals surface area contributed by atoms with E-state index in [0.29, 0.717) is 26.8 Å². The molecule has 0 unspecified atom stereocenters. The number of aromatic hydroxyl groups is 6. The predicted octanol–water partition coefficient (Wildman–Crippen LogP) is 10.8. The summed E-state index contributed by atoms with van der Waals surface area (Å²) in [6, 6.07) is 43.5. The van der Waals surface area contributed by atoms with Crippen molar-refractivity contribution in [3.05, 3.63) is 193 Å². The molecule has 0 spiro atoms. The zero-order valence-corrected chi connectivity index (χ0v) is 34.8. The number of nitrogens with zero attached hydrogens (tertiary/aromatic N) is 2. The van der Waals surface area contributed by atoms with Crippen LogP contribution in [0.15, 0.2) is 187 Å². The average Bonchev–Trinajstić information content (AvgIpc) is 3.67. The quantitative estimate of drug-likeness (QED) is 0.0205. The Kier molecular flexibility index (Phi) is 10.6.